The van der Waals surface area contributed by atoms with Crippen molar-refractivity contribution < 1.29 is 33.3 Å². The summed E-state index contributed by atoms with van der Waals surface area (Å²) >= 11 is 0. The predicted molar refractivity (Wildman–Crippen MR) is 170 cm³/mol. The summed E-state index contributed by atoms with van der Waals surface area (Å²) in [6.45, 7) is 11.5. The van der Waals surface area contributed by atoms with Crippen LogP contribution in [0.4, 0.5) is 4.79 Å². The van der Waals surface area contributed by atoms with E-state index in [-0.39, 0.29) is 25.0 Å². The molecule has 0 bridgehead atoms. The quantitative estimate of drug-likeness (QED) is 0.238. The molecule has 1 saturated heterocycles. The molecule has 5 atom stereocenters. The van der Waals surface area contributed by atoms with Gasteiger partial charge in [-0.15, -0.1) is 6.58 Å². The summed E-state index contributed by atoms with van der Waals surface area (Å²) in [5, 5.41) is 2.79. The van der Waals surface area contributed by atoms with E-state index in [0.29, 0.717) is 41.2 Å². The Morgan fingerprint density at radius 1 is 1.13 bits per heavy atom. The maximum absolute atomic E-state index is 14.1. The molecule has 1 aromatic heterocycles. The minimum Gasteiger partial charge on any atom is -0.497 e. The lowest BCUT2D eigenvalue weighted by Crippen LogP contribution is -2.57. The molecule has 0 radical (unpaired) electrons. The lowest BCUT2D eigenvalue weighted by Gasteiger charge is -2.34. The average Bonchev–Trinajstić information content (AvgIpc) is 3.60. The number of esters is 1. The molecule has 0 spiro atoms. The maximum atomic E-state index is 14.1. The molecule has 2 amide bonds. The highest BCUT2D eigenvalue weighted by Crippen LogP contribution is 2.37. The number of allylic oxidation sites excluding steroid dienone is 3. The number of nitrogens with zero attached hydrogens (tertiary/aromatic N) is 3. The number of rotatable bonds is 13. The van der Waals surface area contributed by atoms with Crippen LogP contribution >= 0.6 is 0 Å². The standard InChI is InChI=1S/C34H46N4O7/c1-8-10-12-13-21-17-28(21)45-33(41)37-29(34(3,4)5)31(39)38-20-23(19-27(38)32(40)43-7)44-30-25(14-11-9-2)35-24-16-15-22(42-6)18-26(24)36-30/h9-10,12,15-16,18,21,23,27-29H,2,8,11,13-14,17,19-20H2,1,3-7H3,(H,37,41). The van der Waals surface area contributed by atoms with E-state index in [2.05, 4.69) is 31.0 Å². The number of carbonyl (C=O) groups is 3. The number of benzene rings is 1. The maximum Gasteiger partial charge on any atom is 0.408 e. The van der Waals surface area contributed by atoms with Crippen LogP contribution in [0.5, 0.6) is 11.6 Å². The van der Waals surface area contributed by atoms with Gasteiger partial charge in [0.05, 0.1) is 31.8 Å². The third-order valence-corrected chi connectivity index (χ3v) is 8.12. The molecule has 4 rings (SSSR count). The van der Waals surface area contributed by atoms with Gasteiger partial charge in [0.25, 0.3) is 0 Å². The Morgan fingerprint density at radius 3 is 2.58 bits per heavy atom. The van der Waals surface area contributed by atoms with Gasteiger partial charge in [-0.05, 0) is 49.7 Å². The van der Waals surface area contributed by atoms with Gasteiger partial charge in [-0.1, -0.05) is 45.9 Å². The first-order valence-corrected chi connectivity index (χ1v) is 15.6. The Balaban J connectivity index is 1.53. The fourth-order valence-electron chi connectivity index (χ4n) is 5.47. The highest BCUT2D eigenvalue weighted by Gasteiger charge is 2.47. The fraction of sp³-hybridized carbons (Fsp3) is 0.559. The number of aromatic nitrogens is 2. The topological polar surface area (TPSA) is 129 Å². The molecule has 2 aromatic rings. The summed E-state index contributed by atoms with van der Waals surface area (Å²) in [7, 11) is 2.86. The number of fused-ring (bicyclic) bond motifs is 1. The van der Waals surface area contributed by atoms with Crippen molar-refractivity contribution in [1.82, 2.24) is 20.2 Å². The van der Waals surface area contributed by atoms with Gasteiger partial charge in [0.15, 0.2) is 0 Å². The molecule has 244 valence electrons. The van der Waals surface area contributed by atoms with Crippen molar-refractivity contribution in [3.8, 4) is 11.6 Å². The Bertz CT molecular complexity index is 1420. The van der Waals surface area contributed by atoms with Crippen molar-refractivity contribution in [3.63, 3.8) is 0 Å². The van der Waals surface area contributed by atoms with Gasteiger partial charge in [0, 0.05) is 18.4 Å². The number of carbonyl (C=O) groups excluding carboxylic acids is 3. The second kappa shape index (κ2) is 14.8. The predicted octanol–water partition coefficient (Wildman–Crippen LogP) is 5.16. The first-order valence-electron chi connectivity index (χ1n) is 15.6. The van der Waals surface area contributed by atoms with Gasteiger partial charge in [-0.25, -0.2) is 19.6 Å². The van der Waals surface area contributed by atoms with Crippen LogP contribution < -0.4 is 14.8 Å². The molecule has 45 heavy (non-hydrogen) atoms. The highest BCUT2D eigenvalue weighted by molar-refractivity contribution is 5.91. The van der Waals surface area contributed by atoms with Crippen LogP contribution in [0.2, 0.25) is 0 Å². The normalized spacial score (nSPS) is 21.8. The van der Waals surface area contributed by atoms with E-state index in [0.717, 1.165) is 19.3 Å². The van der Waals surface area contributed by atoms with Crippen LogP contribution in [0, 0.1) is 11.3 Å². The smallest absolute Gasteiger partial charge is 0.408 e. The third kappa shape index (κ3) is 8.52. The van der Waals surface area contributed by atoms with Crippen molar-refractivity contribution >= 4 is 29.0 Å². The number of hydrogen-bond acceptors (Lipinski definition) is 9. The van der Waals surface area contributed by atoms with Crippen molar-refractivity contribution in [1.29, 1.82) is 0 Å². The molecule has 2 heterocycles. The van der Waals surface area contributed by atoms with Gasteiger partial charge in [-0.3, -0.25) is 4.79 Å². The lowest BCUT2D eigenvalue weighted by atomic mass is 9.85. The van der Waals surface area contributed by atoms with E-state index in [4.69, 9.17) is 28.9 Å². The molecule has 2 aliphatic rings. The summed E-state index contributed by atoms with van der Waals surface area (Å²) in [5.41, 5.74) is 1.26. The van der Waals surface area contributed by atoms with Gasteiger partial charge in [0.1, 0.15) is 35.7 Å². The summed E-state index contributed by atoms with van der Waals surface area (Å²) in [5.74, 6) is 0.266. The molecule has 1 aliphatic heterocycles. The van der Waals surface area contributed by atoms with E-state index < -0.39 is 41.6 Å². The molecule has 11 heteroatoms. The SMILES string of the molecule is C=CCCc1nc2ccc(OC)cc2nc1OC1CC(C(=O)OC)N(C(=O)C(NC(=O)OC2CC2CC=CCC)C(C)(C)C)C1. The number of amides is 2. The molecule has 2 fully saturated rings. The van der Waals surface area contributed by atoms with Gasteiger partial charge in [0.2, 0.25) is 11.8 Å². The molecule has 11 nitrogen and oxygen atoms in total. The third-order valence-electron chi connectivity index (χ3n) is 8.12. The minimum absolute atomic E-state index is 0.0924. The van der Waals surface area contributed by atoms with Gasteiger partial charge >= 0.3 is 12.1 Å². The van der Waals surface area contributed by atoms with E-state index in [9.17, 15) is 14.4 Å². The van der Waals surface area contributed by atoms with Crippen LogP contribution in [0.3, 0.4) is 0 Å². The van der Waals surface area contributed by atoms with Crippen molar-refractivity contribution in [2.45, 2.75) is 90.5 Å². The highest BCUT2D eigenvalue weighted by atomic mass is 16.6. The fourth-order valence-corrected chi connectivity index (χ4v) is 5.47. The number of likely N-dealkylation sites (tertiary alicyclic amines) is 1. The van der Waals surface area contributed by atoms with E-state index in [1.165, 1.54) is 12.0 Å². The molecule has 5 unspecified atom stereocenters. The molecule has 1 aliphatic carbocycles. The summed E-state index contributed by atoms with van der Waals surface area (Å²) < 4.78 is 22.4. The molecular formula is C34H46N4O7. The van der Waals surface area contributed by atoms with Crippen LogP contribution in [0.15, 0.2) is 43.0 Å². The van der Waals surface area contributed by atoms with Crippen LogP contribution in [0.1, 0.15) is 65.5 Å². The number of hydrogen-bond donors (Lipinski definition) is 1. The van der Waals surface area contributed by atoms with E-state index >= 15 is 0 Å². The average molecular weight is 623 g/mol. The number of methoxy groups -OCH3 is 2. The van der Waals surface area contributed by atoms with Crippen LogP contribution in [-0.4, -0.2) is 77.9 Å². The zero-order valence-corrected chi connectivity index (χ0v) is 27.2. The Morgan fingerprint density at radius 2 is 1.91 bits per heavy atom. The first-order chi connectivity index (χ1) is 21.5. The first kappa shape index (κ1) is 33.7. The number of nitrogens with one attached hydrogen (secondary N) is 1. The summed E-state index contributed by atoms with van der Waals surface area (Å²) in [6.07, 6.45) is 8.63. The zero-order valence-electron chi connectivity index (χ0n) is 27.2. The largest absolute Gasteiger partial charge is 0.497 e. The van der Waals surface area contributed by atoms with E-state index in [1.54, 1.807) is 19.3 Å². The number of alkyl carbamates (subject to hydrolysis) is 1. The Labute approximate surface area is 265 Å². The Hall–Kier alpha value is -4.15. The second-order valence-corrected chi connectivity index (χ2v) is 12.7. The number of aryl methyl sites for hydroxylation is 1. The Kier molecular flexibility index (Phi) is 11.1. The monoisotopic (exact) mass is 622 g/mol. The van der Waals surface area contributed by atoms with E-state index in [1.807, 2.05) is 32.9 Å². The van der Waals surface area contributed by atoms with Crippen LogP contribution in [0.25, 0.3) is 11.0 Å². The van der Waals surface area contributed by atoms with Crippen molar-refractivity contribution in [2.75, 3.05) is 20.8 Å². The zero-order chi connectivity index (χ0) is 32.7. The van der Waals surface area contributed by atoms with Crippen molar-refractivity contribution in [2.24, 2.45) is 11.3 Å². The van der Waals surface area contributed by atoms with Crippen molar-refractivity contribution in [3.05, 3.63) is 48.7 Å². The summed E-state index contributed by atoms with van der Waals surface area (Å²) in [4.78, 5) is 50.9. The minimum atomic E-state index is -0.954. The number of ether oxygens (including phenoxy) is 4. The molecule has 1 N–H and O–H groups in total. The van der Waals surface area contributed by atoms with Crippen LogP contribution in [-0.2, 0) is 25.5 Å². The second-order valence-electron chi connectivity index (χ2n) is 12.7. The van der Waals surface area contributed by atoms with Gasteiger partial charge in [-0.2, -0.15) is 0 Å². The van der Waals surface area contributed by atoms with Gasteiger partial charge < -0.3 is 29.2 Å². The molecule has 1 saturated carbocycles. The lowest BCUT2D eigenvalue weighted by molar-refractivity contribution is -0.152. The summed E-state index contributed by atoms with van der Waals surface area (Å²) in [6, 6.07) is 3.57. The molecule has 1 aromatic carbocycles. The molecular weight excluding hydrogens is 576 g/mol.